The molecule has 144 valence electrons. The summed E-state index contributed by atoms with van der Waals surface area (Å²) >= 11 is 0. The second kappa shape index (κ2) is 7.40. The Morgan fingerprint density at radius 1 is 1.00 bits per heavy atom. The first kappa shape index (κ1) is 17.4. The van der Waals surface area contributed by atoms with Crippen LogP contribution in [0.3, 0.4) is 0 Å². The molecular weight excluding hydrogens is 350 g/mol. The summed E-state index contributed by atoms with van der Waals surface area (Å²) < 4.78 is 6.40. The number of likely N-dealkylation sites (tertiary alicyclic amines) is 1. The minimum Gasteiger partial charge on any atom is -0.459 e. The zero-order valence-corrected chi connectivity index (χ0v) is 16.0. The highest BCUT2D eigenvalue weighted by atomic mass is 16.3. The topological polar surface area (TPSA) is 62.1 Å². The lowest BCUT2D eigenvalue weighted by Crippen LogP contribution is -2.26. The number of nitrogens with zero attached hydrogens (tertiary/aromatic N) is 2. The first-order valence-corrected chi connectivity index (χ1v) is 10.3. The molecule has 3 aromatic heterocycles. The van der Waals surface area contributed by atoms with Gasteiger partial charge in [0.1, 0.15) is 17.6 Å². The summed E-state index contributed by atoms with van der Waals surface area (Å²) in [4.78, 5) is 22.2. The number of aromatic nitrogens is 2. The van der Waals surface area contributed by atoms with Crippen LogP contribution in [0.15, 0.2) is 51.9 Å². The van der Waals surface area contributed by atoms with Crippen LogP contribution < -0.4 is 5.56 Å². The molecule has 0 saturated carbocycles. The van der Waals surface area contributed by atoms with E-state index >= 15 is 0 Å². The van der Waals surface area contributed by atoms with Crippen molar-refractivity contribution in [1.29, 1.82) is 0 Å². The predicted molar refractivity (Wildman–Crippen MR) is 108 cm³/mol. The normalized spacial score (nSPS) is 18.1. The Hall–Kier alpha value is -2.66. The standard InChI is InChI=1S/C23H25N3O2/c27-23-17-8-2-1-7-16(17)18(15-25-23)20-10-11-21(28-20)22(26-13-5-6-14-26)19-9-3-4-12-24-19/h3-4,9-12,15,22H,1-2,5-8,13-14H2,(H,25,27). The van der Waals surface area contributed by atoms with Crippen LogP contribution in [0.4, 0.5) is 0 Å². The molecule has 1 fully saturated rings. The molecule has 5 nitrogen and oxygen atoms in total. The van der Waals surface area contributed by atoms with E-state index in [1.165, 1.54) is 12.8 Å². The van der Waals surface area contributed by atoms with Crippen molar-refractivity contribution in [2.24, 2.45) is 0 Å². The summed E-state index contributed by atoms with van der Waals surface area (Å²) in [5.74, 6) is 1.76. The fourth-order valence-corrected chi connectivity index (χ4v) is 4.68. The molecule has 2 aliphatic rings. The van der Waals surface area contributed by atoms with Crippen LogP contribution in [0.1, 0.15) is 54.3 Å². The lowest BCUT2D eigenvalue weighted by molar-refractivity contribution is 0.246. The number of fused-ring (bicyclic) bond motifs is 1. The van der Waals surface area contributed by atoms with Gasteiger partial charge in [0.2, 0.25) is 0 Å². The van der Waals surface area contributed by atoms with Crippen molar-refractivity contribution in [3.05, 3.63) is 75.7 Å². The first-order valence-electron chi connectivity index (χ1n) is 10.3. The fraction of sp³-hybridized carbons (Fsp3) is 0.391. The summed E-state index contributed by atoms with van der Waals surface area (Å²) in [5.41, 5.74) is 4.19. The number of rotatable bonds is 4. The monoisotopic (exact) mass is 375 g/mol. The summed E-state index contributed by atoms with van der Waals surface area (Å²) in [6.45, 7) is 2.12. The van der Waals surface area contributed by atoms with Gasteiger partial charge in [-0.2, -0.15) is 0 Å². The van der Waals surface area contributed by atoms with Crippen LogP contribution in [-0.2, 0) is 12.8 Å². The van der Waals surface area contributed by atoms with E-state index in [0.29, 0.717) is 0 Å². The molecule has 1 aliphatic heterocycles. The van der Waals surface area contributed by atoms with Crippen molar-refractivity contribution in [1.82, 2.24) is 14.9 Å². The van der Waals surface area contributed by atoms with Gasteiger partial charge < -0.3 is 9.40 Å². The third-order valence-corrected chi connectivity index (χ3v) is 6.05. The van der Waals surface area contributed by atoms with Gasteiger partial charge in [0.15, 0.2) is 0 Å². The van der Waals surface area contributed by atoms with E-state index in [4.69, 9.17) is 4.42 Å². The van der Waals surface area contributed by atoms with Crippen LogP contribution in [-0.4, -0.2) is 28.0 Å². The third kappa shape index (κ3) is 3.10. The Morgan fingerprint density at radius 3 is 2.61 bits per heavy atom. The number of pyridine rings is 2. The van der Waals surface area contributed by atoms with E-state index in [1.807, 2.05) is 30.6 Å². The average Bonchev–Trinajstić information content (AvgIpc) is 3.43. The Balaban J connectivity index is 1.56. The SMILES string of the molecule is O=c1[nH]cc(-c2ccc(C(c3ccccn3)N3CCCC3)o2)c2c1CCCC2. The predicted octanol–water partition coefficient (Wildman–Crippen LogP) is 4.09. The average molecular weight is 375 g/mol. The summed E-state index contributed by atoms with van der Waals surface area (Å²) in [6.07, 6.45) is 10.1. The molecule has 1 atom stereocenters. The molecule has 5 heteroatoms. The third-order valence-electron chi connectivity index (χ3n) is 6.05. The van der Waals surface area contributed by atoms with Crippen molar-refractivity contribution in [3.8, 4) is 11.3 Å². The van der Waals surface area contributed by atoms with Crippen molar-refractivity contribution in [2.75, 3.05) is 13.1 Å². The fourth-order valence-electron chi connectivity index (χ4n) is 4.68. The molecule has 0 spiro atoms. The highest BCUT2D eigenvalue weighted by Crippen LogP contribution is 2.36. The van der Waals surface area contributed by atoms with Crippen molar-refractivity contribution in [2.45, 2.75) is 44.6 Å². The zero-order chi connectivity index (χ0) is 18.9. The van der Waals surface area contributed by atoms with E-state index in [1.54, 1.807) is 0 Å². The maximum Gasteiger partial charge on any atom is 0.251 e. The summed E-state index contributed by atoms with van der Waals surface area (Å²) in [5, 5.41) is 0. The molecule has 28 heavy (non-hydrogen) atoms. The van der Waals surface area contributed by atoms with Gasteiger partial charge in [0, 0.05) is 23.5 Å². The zero-order valence-electron chi connectivity index (χ0n) is 16.0. The van der Waals surface area contributed by atoms with E-state index in [0.717, 1.165) is 72.7 Å². The minimum atomic E-state index is 0.0380. The van der Waals surface area contributed by atoms with Crippen LogP contribution in [0.25, 0.3) is 11.3 Å². The Bertz CT molecular complexity index is 1020. The van der Waals surface area contributed by atoms with Gasteiger partial charge >= 0.3 is 0 Å². The maximum atomic E-state index is 12.2. The van der Waals surface area contributed by atoms with Gasteiger partial charge in [-0.1, -0.05) is 6.07 Å². The number of furan rings is 1. The van der Waals surface area contributed by atoms with E-state index in [2.05, 4.69) is 27.0 Å². The molecule has 1 saturated heterocycles. The van der Waals surface area contributed by atoms with Gasteiger partial charge in [-0.05, 0) is 81.4 Å². The minimum absolute atomic E-state index is 0.0380. The largest absolute Gasteiger partial charge is 0.459 e. The summed E-state index contributed by atoms with van der Waals surface area (Å²) in [7, 11) is 0. The molecular formula is C23H25N3O2. The maximum absolute atomic E-state index is 12.2. The smallest absolute Gasteiger partial charge is 0.251 e. The highest BCUT2D eigenvalue weighted by Gasteiger charge is 2.29. The Labute approximate surface area is 164 Å². The van der Waals surface area contributed by atoms with Gasteiger partial charge in [-0.3, -0.25) is 14.7 Å². The molecule has 0 radical (unpaired) electrons. The van der Waals surface area contributed by atoms with Gasteiger partial charge in [0.25, 0.3) is 5.56 Å². The van der Waals surface area contributed by atoms with Crippen LogP contribution >= 0.6 is 0 Å². The van der Waals surface area contributed by atoms with Crippen LogP contribution in [0, 0.1) is 0 Å². The van der Waals surface area contributed by atoms with Gasteiger partial charge in [0.05, 0.1) is 5.69 Å². The molecule has 0 aromatic carbocycles. The van der Waals surface area contributed by atoms with Crippen molar-refractivity contribution < 1.29 is 4.42 Å². The molecule has 0 bridgehead atoms. The number of H-pyrrole nitrogens is 1. The quantitative estimate of drug-likeness (QED) is 0.746. The summed E-state index contributed by atoms with van der Waals surface area (Å²) in [6, 6.07) is 10.2. The second-order valence-electron chi connectivity index (χ2n) is 7.80. The molecule has 3 aromatic rings. The van der Waals surface area contributed by atoms with Crippen LogP contribution in [0.5, 0.6) is 0 Å². The molecule has 5 rings (SSSR count). The van der Waals surface area contributed by atoms with Crippen molar-refractivity contribution in [3.63, 3.8) is 0 Å². The number of nitrogens with one attached hydrogen (secondary N) is 1. The second-order valence-corrected chi connectivity index (χ2v) is 7.80. The molecule has 4 heterocycles. The lowest BCUT2D eigenvalue weighted by atomic mass is 9.89. The van der Waals surface area contributed by atoms with E-state index in [9.17, 15) is 4.79 Å². The Kier molecular flexibility index (Phi) is 4.61. The van der Waals surface area contributed by atoms with Gasteiger partial charge in [-0.25, -0.2) is 0 Å². The van der Waals surface area contributed by atoms with Crippen molar-refractivity contribution >= 4 is 0 Å². The molecule has 1 N–H and O–H groups in total. The first-order chi connectivity index (χ1) is 13.8. The molecule has 0 amide bonds. The van der Waals surface area contributed by atoms with E-state index in [-0.39, 0.29) is 11.6 Å². The molecule has 1 unspecified atom stereocenters. The van der Waals surface area contributed by atoms with E-state index < -0.39 is 0 Å². The lowest BCUT2D eigenvalue weighted by Gasteiger charge is -2.25. The number of hydrogen-bond acceptors (Lipinski definition) is 4. The Morgan fingerprint density at radius 2 is 1.82 bits per heavy atom. The number of hydrogen-bond donors (Lipinski definition) is 1. The van der Waals surface area contributed by atoms with Crippen LogP contribution in [0.2, 0.25) is 0 Å². The molecule has 1 aliphatic carbocycles. The highest BCUT2D eigenvalue weighted by molar-refractivity contribution is 5.63. The number of aromatic amines is 1. The van der Waals surface area contributed by atoms with Gasteiger partial charge in [-0.15, -0.1) is 0 Å².